The molecule has 5 heteroatoms. The Balaban J connectivity index is 1.56. The summed E-state index contributed by atoms with van der Waals surface area (Å²) in [5, 5.41) is 11.4. The Labute approximate surface area is 183 Å². The molecular weight excluding hydrogens is 417 g/mol. The molecule has 5 aromatic rings. The van der Waals surface area contributed by atoms with Crippen molar-refractivity contribution in [3.8, 4) is 0 Å². The van der Waals surface area contributed by atoms with Crippen molar-refractivity contribution < 1.29 is 8.23 Å². The zero-order valence-corrected chi connectivity index (χ0v) is 20.3. The summed E-state index contributed by atoms with van der Waals surface area (Å²) >= 11 is 0. The van der Waals surface area contributed by atoms with Crippen molar-refractivity contribution in [3.05, 3.63) is 78.9 Å². The maximum atomic E-state index is 5.90. The van der Waals surface area contributed by atoms with Crippen LogP contribution in [0.4, 0.5) is 0 Å². The van der Waals surface area contributed by atoms with Crippen molar-refractivity contribution in [2.24, 2.45) is 0 Å². The summed E-state index contributed by atoms with van der Waals surface area (Å²) < 4.78 is 11.8. The molecular formula is C25H22O2Si3. The fourth-order valence-corrected chi connectivity index (χ4v) is 6.42. The minimum absolute atomic E-state index is 0.113. The first kappa shape index (κ1) is 19.7. The summed E-state index contributed by atoms with van der Waals surface area (Å²) in [6, 6.07) is 28.9. The van der Waals surface area contributed by atoms with Crippen LogP contribution >= 0.6 is 0 Å². The quantitative estimate of drug-likeness (QED) is 0.192. The third-order valence-corrected chi connectivity index (χ3v) is 9.39. The highest BCUT2D eigenvalue weighted by molar-refractivity contribution is 6.74. The van der Waals surface area contributed by atoms with E-state index in [9.17, 15) is 0 Å². The molecule has 0 atom stereocenters. The SMILES string of the molecule is C[Si](C)(C)O[Si]O[Si]c1cccc2cc3cc4cc5ccccc5cc4cc3cc12. The molecule has 0 amide bonds. The fraction of sp³-hybridized carbons (Fsp3) is 0.120. The summed E-state index contributed by atoms with van der Waals surface area (Å²) in [6.45, 7) is 6.55. The van der Waals surface area contributed by atoms with E-state index in [0.717, 1.165) is 0 Å². The van der Waals surface area contributed by atoms with Crippen LogP contribution in [0.5, 0.6) is 0 Å². The molecule has 0 aliphatic heterocycles. The highest BCUT2D eigenvalue weighted by Crippen LogP contribution is 2.29. The van der Waals surface area contributed by atoms with Gasteiger partial charge in [-0.05, 0) is 104 Å². The second-order valence-electron chi connectivity index (χ2n) is 8.63. The lowest BCUT2D eigenvalue weighted by molar-refractivity contribution is 0.477. The predicted octanol–water partition coefficient (Wildman–Crippen LogP) is 5.95. The normalized spacial score (nSPS) is 12.4. The van der Waals surface area contributed by atoms with E-state index in [2.05, 4.69) is 98.5 Å². The van der Waals surface area contributed by atoms with Gasteiger partial charge in [0.25, 0.3) is 9.76 Å². The van der Waals surface area contributed by atoms with E-state index in [0.29, 0.717) is 9.76 Å². The molecule has 30 heavy (non-hydrogen) atoms. The van der Waals surface area contributed by atoms with Gasteiger partial charge in [0, 0.05) is 0 Å². The lowest BCUT2D eigenvalue weighted by Gasteiger charge is -2.16. The van der Waals surface area contributed by atoms with Gasteiger partial charge in [-0.15, -0.1) is 0 Å². The summed E-state index contributed by atoms with van der Waals surface area (Å²) in [4.78, 5) is 0. The molecule has 146 valence electrons. The van der Waals surface area contributed by atoms with Crippen molar-refractivity contribution in [3.63, 3.8) is 0 Å². The van der Waals surface area contributed by atoms with Crippen molar-refractivity contribution in [2.75, 3.05) is 0 Å². The number of rotatable bonds is 5. The van der Waals surface area contributed by atoms with Crippen LogP contribution in [0.2, 0.25) is 19.6 Å². The van der Waals surface area contributed by atoms with Crippen LogP contribution in [0, 0.1) is 0 Å². The van der Waals surface area contributed by atoms with Gasteiger partial charge >= 0.3 is 10.0 Å². The standard InChI is InChI=1S/C25H22O2Si3/c1-30(2,3)27-29-26-28-25-10-6-9-19-13-22-14-20-11-17-7-4-5-8-18(17)12-21(20)15-23(22)16-24(19)25/h4-16H,1-3H3. The first-order valence-electron chi connectivity index (χ1n) is 10.1. The number of benzene rings is 5. The van der Waals surface area contributed by atoms with Crippen molar-refractivity contribution in [2.45, 2.75) is 19.6 Å². The fourth-order valence-electron chi connectivity index (χ4n) is 3.78. The van der Waals surface area contributed by atoms with E-state index < -0.39 is 8.32 Å². The molecule has 0 N–H and O–H groups in total. The first-order chi connectivity index (χ1) is 14.5. The van der Waals surface area contributed by atoms with Crippen molar-refractivity contribution >= 4 is 76.4 Å². The first-order valence-corrected chi connectivity index (χ1v) is 15.2. The third-order valence-electron chi connectivity index (χ3n) is 5.21. The Kier molecular flexibility index (Phi) is 5.08. The van der Waals surface area contributed by atoms with Crippen LogP contribution in [-0.2, 0) is 8.23 Å². The third kappa shape index (κ3) is 3.99. The van der Waals surface area contributed by atoms with Crippen LogP contribution in [0.1, 0.15) is 0 Å². The average molecular weight is 439 g/mol. The Morgan fingerprint density at radius 2 is 1.13 bits per heavy atom. The molecule has 0 saturated carbocycles. The van der Waals surface area contributed by atoms with Crippen molar-refractivity contribution in [1.29, 1.82) is 0 Å². The molecule has 2 nitrogen and oxygen atoms in total. The zero-order valence-electron chi connectivity index (χ0n) is 17.3. The minimum Gasteiger partial charge on any atom is -0.435 e. The monoisotopic (exact) mass is 438 g/mol. The number of hydrogen-bond donors (Lipinski definition) is 0. The summed E-state index contributed by atoms with van der Waals surface area (Å²) in [6.07, 6.45) is 0. The Hall–Kier alpha value is -2.29. The lowest BCUT2D eigenvalue weighted by Crippen LogP contribution is -2.31. The topological polar surface area (TPSA) is 18.5 Å². The van der Waals surface area contributed by atoms with Gasteiger partial charge in [-0.1, -0.05) is 42.5 Å². The zero-order chi connectivity index (χ0) is 20.7. The number of fused-ring (bicyclic) bond motifs is 4. The highest BCUT2D eigenvalue weighted by atomic mass is 28.4. The van der Waals surface area contributed by atoms with Crippen LogP contribution < -0.4 is 5.19 Å². The Morgan fingerprint density at radius 1 is 0.600 bits per heavy atom. The lowest BCUT2D eigenvalue weighted by atomic mass is 9.97. The summed E-state index contributed by atoms with van der Waals surface area (Å²) in [5.41, 5.74) is 0. The maximum absolute atomic E-state index is 5.90. The Bertz CT molecular complexity index is 1390. The highest BCUT2D eigenvalue weighted by Gasteiger charge is 2.15. The van der Waals surface area contributed by atoms with Gasteiger partial charge in [-0.2, -0.15) is 0 Å². The molecule has 0 bridgehead atoms. The molecule has 0 saturated heterocycles. The van der Waals surface area contributed by atoms with Gasteiger partial charge in [-0.3, -0.25) is 0 Å². The van der Waals surface area contributed by atoms with E-state index in [1.165, 1.54) is 48.3 Å². The summed E-state index contributed by atoms with van der Waals surface area (Å²) in [5.74, 6) is 0. The minimum atomic E-state index is -1.54. The van der Waals surface area contributed by atoms with Gasteiger partial charge in [-0.25, -0.2) is 0 Å². The van der Waals surface area contributed by atoms with Crippen LogP contribution in [0.25, 0.3) is 43.1 Å². The van der Waals surface area contributed by atoms with E-state index in [1.807, 2.05) is 0 Å². The largest absolute Gasteiger partial charge is 0.435 e. The van der Waals surface area contributed by atoms with E-state index in [-0.39, 0.29) is 10.0 Å². The second kappa shape index (κ2) is 7.76. The molecule has 0 unspecified atom stereocenters. The molecule has 0 aromatic heterocycles. The van der Waals surface area contributed by atoms with Crippen LogP contribution in [0.3, 0.4) is 0 Å². The van der Waals surface area contributed by atoms with E-state index >= 15 is 0 Å². The van der Waals surface area contributed by atoms with Gasteiger partial charge in [0.15, 0.2) is 8.32 Å². The Morgan fingerprint density at radius 3 is 1.77 bits per heavy atom. The van der Waals surface area contributed by atoms with Crippen molar-refractivity contribution in [1.82, 2.24) is 0 Å². The van der Waals surface area contributed by atoms with Gasteiger partial charge in [0.2, 0.25) is 0 Å². The predicted molar refractivity (Wildman–Crippen MR) is 133 cm³/mol. The molecule has 0 aliphatic rings. The van der Waals surface area contributed by atoms with E-state index in [1.54, 1.807) is 0 Å². The molecule has 0 fully saturated rings. The smallest absolute Gasteiger partial charge is 0.410 e. The molecule has 0 aliphatic carbocycles. The van der Waals surface area contributed by atoms with E-state index in [4.69, 9.17) is 8.23 Å². The second-order valence-corrected chi connectivity index (χ2v) is 15.4. The maximum Gasteiger partial charge on any atom is 0.410 e. The van der Waals surface area contributed by atoms with Gasteiger partial charge in [0.1, 0.15) is 0 Å². The van der Waals surface area contributed by atoms with Gasteiger partial charge < -0.3 is 8.23 Å². The van der Waals surface area contributed by atoms with Crippen LogP contribution in [-0.4, -0.2) is 28.1 Å². The molecule has 5 aromatic carbocycles. The molecule has 0 spiro atoms. The number of hydrogen-bond acceptors (Lipinski definition) is 2. The molecule has 0 heterocycles. The molecule has 5 rings (SSSR count). The van der Waals surface area contributed by atoms with Gasteiger partial charge in [0.05, 0.1) is 0 Å². The van der Waals surface area contributed by atoms with Crippen LogP contribution in [0.15, 0.2) is 78.9 Å². The average Bonchev–Trinajstić information content (AvgIpc) is 2.72. The molecule has 4 radical (unpaired) electrons. The summed E-state index contributed by atoms with van der Waals surface area (Å²) in [7, 11) is -1.13.